The first-order valence-electron chi connectivity index (χ1n) is 3.36. The molecule has 1 aliphatic heterocycles. The van der Waals surface area contributed by atoms with E-state index in [1.54, 1.807) is 4.90 Å². The van der Waals surface area contributed by atoms with Crippen molar-refractivity contribution >= 4 is 5.96 Å². The third-order valence-electron chi connectivity index (χ3n) is 1.72. The van der Waals surface area contributed by atoms with Gasteiger partial charge in [0.25, 0.3) is 0 Å². The molecule has 0 aromatic rings. The second-order valence-electron chi connectivity index (χ2n) is 2.42. The van der Waals surface area contributed by atoms with E-state index < -0.39 is 0 Å². The molecule has 0 bridgehead atoms. The lowest BCUT2D eigenvalue weighted by atomic mass is 10.5. The minimum Gasteiger partial charge on any atom is -0.344 e. The van der Waals surface area contributed by atoms with Gasteiger partial charge < -0.3 is 9.80 Å². The van der Waals surface area contributed by atoms with E-state index in [0.717, 1.165) is 13.1 Å². The number of hydrogen-bond donors (Lipinski definition) is 1. The van der Waals surface area contributed by atoms with Gasteiger partial charge in [0, 0.05) is 26.7 Å². The van der Waals surface area contributed by atoms with E-state index in [0.29, 0.717) is 12.5 Å². The monoisotopic (exact) mass is 145 g/mol. The van der Waals surface area contributed by atoms with Crippen molar-refractivity contribution in [2.24, 2.45) is 0 Å². The Bertz CT molecular complexity index is 135. The van der Waals surface area contributed by atoms with Crippen molar-refractivity contribution < 1.29 is 4.39 Å². The van der Waals surface area contributed by atoms with Crippen LogP contribution in [0.4, 0.5) is 4.39 Å². The molecule has 0 amide bonds. The summed E-state index contributed by atoms with van der Waals surface area (Å²) in [6, 6.07) is 0. The second kappa shape index (κ2) is 2.86. The number of alkyl halides is 1. The Balaban J connectivity index is 2.41. The Morgan fingerprint density at radius 3 is 2.70 bits per heavy atom. The Morgan fingerprint density at radius 1 is 1.60 bits per heavy atom. The molecule has 3 nitrogen and oxygen atoms in total. The van der Waals surface area contributed by atoms with Gasteiger partial charge >= 0.3 is 0 Å². The van der Waals surface area contributed by atoms with E-state index in [-0.39, 0.29) is 6.67 Å². The average Bonchev–Trinajstić information content (AvgIpc) is 2.20. The zero-order chi connectivity index (χ0) is 7.56. The van der Waals surface area contributed by atoms with Crippen LogP contribution in [0.5, 0.6) is 0 Å². The molecule has 1 saturated heterocycles. The third-order valence-corrected chi connectivity index (χ3v) is 1.72. The van der Waals surface area contributed by atoms with Crippen molar-refractivity contribution in [3.8, 4) is 0 Å². The van der Waals surface area contributed by atoms with Gasteiger partial charge in [-0.1, -0.05) is 0 Å². The molecule has 1 aliphatic rings. The maximum atomic E-state index is 11.8. The fourth-order valence-electron chi connectivity index (χ4n) is 1.04. The van der Waals surface area contributed by atoms with E-state index in [2.05, 4.69) is 0 Å². The summed E-state index contributed by atoms with van der Waals surface area (Å²) in [4.78, 5) is 3.55. The number of likely N-dealkylation sites (N-methyl/N-ethyl adjacent to an activating group) is 1. The highest BCUT2D eigenvalue weighted by molar-refractivity contribution is 5.78. The Labute approximate surface area is 59.9 Å². The summed E-state index contributed by atoms with van der Waals surface area (Å²) in [5.74, 6) is 0.442. The van der Waals surface area contributed by atoms with Crippen LogP contribution in [-0.4, -0.2) is 49.1 Å². The molecule has 0 aromatic carbocycles. The van der Waals surface area contributed by atoms with Gasteiger partial charge in [0.05, 0.1) is 0 Å². The maximum Gasteiger partial charge on any atom is 0.193 e. The van der Waals surface area contributed by atoms with Gasteiger partial charge in [-0.05, 0) is 0 Å². The topological polar surface area (TPSA) is 30.3 Å². The summed E-state index contributed by atoms with van der Waals surface area (Å²) < 4.78 is 11.8. The molecule has 0 saturated carbocycles. The molecule has 1 rings (SSSR count). The zero-order valence-electron chi connectivity index (χ0n) is 6.10. The average molecular weight is 145 g/mol. The molecule has 0 spiro atoms. The van der Waals surface area contributed by atoms with E-state index in [1.807, 2.05) is 11.9 Å². The lowest BCUT2D eigenvalue weighted by molar-refractivity contribution is 0.375. The van der Waals surface area contributed by atoms with Crippen LogP contribution in [0.3, 0.4) is 0 Å². The highest BCUT2D eigenvalue weighted by Gasteiger charge is 2.20. The fourth-order valence-corrected chi connectivity index (χ4v) is 1.04. The largest absolute Gasteiger partial charge is 0.344 e. The SMILES string of the molecule is CN1CCN(CCF)C1=N. The summed E-state index contributed by atoms with van der Waals surface area (Å²) in [6.07, 6.45) is 0. The van der Waals surface area contributed by atoms with Gasteiger partial charge in [0.15, 0.2) is 5.96 Å². The van der Waals surface area contributed by atoms with E-state index in [4.69, 9.17) is 5.41 Å². The van der Waals surface area contributed by atoms with Crippen LogP contribution >= 0.6 is 0 Å². The fraction of sp³-hybridized carbons (Fsp3) is 0.833. The van der Waals surface area contributed by atoms with Gasteiger partial charge in [0.2, 0.25) is 0 Å². The van der Waals surface area contributed by atoms with Crippen LogP contribution < -0.4 is 0 Å². The number of guanidine groups is 1. The van der Waals surface area contributed by atoms with Crippen LogP contribution in [0.25, 0.3) is 0 Å². The van der Waals surface area contributed by atoms with Crippen LogP contribution in [0, 0.1) is 5.41 Å². The predicted molar refractivity (Wildman–Crippen MR) is 37.9 cm³/mol. The van der Waals surface area contributed by atoms with E-state index in [9.17, 15) is 4.39 Å². The van der Waals surface area contributed by atoms with E-state index in [1.165, 1.54) is 0 Å². The van der Waals surface area contributed by atoms with Crippen LogP contribution in [-0.2, 0) is 0 Å². The highest BCUT2D eigenvalue weighted by atomic mass is 19.1. The molecule has 0 unspecified atom stereocenters. The number of hydrogen-bond acceptors (Lipinski definition) is 1. The first-order chi connectivity index (χ1) is 4.75. The van der Waals surface area contributed by atoms with Crippen molar-refractivity contribution in [2.75, 3.05) is 33.4 Å². The Morgan fingerprint density at radius 2 is 2.30 bits per heavy atom. The molecule has 0 atom stereocenters. The molecular weight excluding hydrogens is 133 g/mol. The molecule has 0 aromatic heterocycles. The number of halogens is 1. The molecule has 4 heteroatoms. The summed E-state index contributed by atoms with van der Waals surface area (Å²) in [7, 11) is 1.85. The number of nitrogens with zero attached hydrogens (tertiary/aromatic N) is 2. The van der Waals surface area contributed by atoms with Crippen molar-refractivity contribution in [3.63, 3.8) is 0 Å². The zero-order valence-corrected chi connectivity index (χ0v) is 6.10. The first kappa shape index (κ1) is 7.31. The Hall–Kier alpha value is -0.800. The van der Waals surface area contributed by atoms with Gasteiger partial charge in [-0.25, -0.2) is 4.39 Å². The van der Waals surface area contributed by atoms with Gasteiger partial charge in [-0.3, -0.25) is 5.41 Å². The third kappa shape index (κ3) is 1.20. The van der Waals surface area contributed by atoms with Gasteiger partial charge in [-0.15, -0.1) is 0 Å². The van der Waals surface area contributed by atoms with Crippen molar-refractivity contribution in [2.45, 2.75) is 0 Å². The number of rotatable bonds is 2. The summed E-state index contributed by atoms with van der Waals surface area (Å²) in [5, 5.41) is 7.40. The molecule has 1 N–H and O–H groups in total. The molecule has 0 radical (unpaired) electrons. The molecule has 58 valence electrons. The summed E-state index contributed by atoms with van der Waals surface area (Å²) in [5.41, 5.74) is 0. The van der Waals surface area contributed by atoms with Crippen molar-refractivity contribution in [1.29, 1.82) is 5.41 Å². The molecular formula is C6H12FN3. The first-order valence-corrected chi connectivity index (χ1v) is 3.36. The van der Waals surface area contributed by atoms with Gasteiger partial charge in [0.1, 0.15) is 6.67 Å². The van der Waals surface area contributed by atoms with Crippen molar-refractivity contribution in [3.05, 3.63) is 0 Å². The minimum absolute atomic E-state index is 0.364. The number of nitrogens with one attached hydrogen (secondary N) is 1. The van der Waals surface area contributed by atoms with E-state index >= 15 is 0 Å². The maximum absolute atomic E-state index is 11.8. The molecule has 0 aliphatic carbocycles. The summed E-state index contributed by atoms with van der Waals surface area (Å²) in [6.45, 7) is 1.64. The van der Waals surface area contributed by atoms with Crippen LogP contribution in [0.2, 0.25) is 0 Å². The Kier molecular flexibility index (Phi) is 2.09. The quantitative estimate of drug-likeness (QED) is 0.599. The predicted octanol–water partition coefficient (Wildman–Crippen LogP) is 0.138. The van der Waals surface area contributed by atoms with Crippen molar-refractivity contribution in [1.82, 2.24) is 9.80 Å². The normalized spacial score (nSPS) is 18.8. The van der Waals surface area contributed by atoms with Crippen LogP contribution in [0.15, 0.2) is 0 Å². The lowest BCUT2D eigenvalue weighted by Crippen LogP contribution is -2.31. The molecule has 10 heavy (non-hydrogen) atoms. The van der Waals surface area contributed by atoms with Gasteiger partial charge in [-0.2, -0.15) is 0 Å². The van der Waals surface area contributed by atoms with Crippen LogP contribution in [0.1, 0.15) is 0 Å². The minimum atomic E-state index is -0.365. The molecule has 1 heterocycles. The highest BCUT2D eigenvalue weighted by Crippen LogP contribution is 2.03. The lowest BCUT2D eigenvalue weighted by Gasteiger charge is -2.16. The standard InChI is InChI=1S/C6H12FN3/c1-9-4-5-10(3-2-7)6(9)8/h8H,2-5H2,1H3. The second-order valence-corrected chi connectivity index (χ2v) is 2.42. The molecule has 1 fully saturated rings. The summed E-state index contributed by atoms with van der Waals surface area (Å²) >= 11 is 0. The smallest absolute Gasteiger partial charge is 0.193 e.